The second-order valence-electron chi connectivity index (χ2n) is 8.53. The van der Waals surface area contributed by atoms with Gasteiger partial charge in [-0.3, -0.25) is 9.59 Å². The lowest BCUT2D eigenvalue weighted by atomic mass is 9.97. The number of rotatable bonds is 9. The zero-order valence-corrected chi connectivity index (χ0v) is 19.7. The fraction of sp³-hybridized carbons (Fsp3) is 0.385. The van der Waals surface area contributed by atoms with Crippen molar-refractivity contribution in [2.75, 3.05) is 31.1 Å². The number of furan rings is 1. The molecule has 1 aliphatic rings. The van der Waals surface area contributed by atoms with Crippen LogP contribution in [0.1, 0.15) is 36.1 Å². The number of anilines is 1. The highest BCUT2D eigenvalue weighted by Gasteiger charge is 2.30. The number of amides is 1. The summed E-state index contributed by atoms with van der Waals surface area (Å²) in [5.74, 6) is 0.523. The Morgan fingerprint density at radius 2 is 2.00 bits per heavy atom. The van der Waals surface area contributed by atoms with Crippen molar-refractivity contribution in [2.24, 2.45) is 5.92 Å². The number of carbonyl (C=O) groups excluding carboxylic acids is 2. The molecule has 3 aromatic rings. The van der Waals surface area contributed by atoms with Gasteiger partial charge in [-0.25, -0.2) is 0 Å². The van der Waals surface area contributed by atoms with Gasteiger partial charge in [-0.2, -0.15) is 10.2 Å². The molecule has 0 bridgehead atoms. The molecule has 2 aromatic heterocycles. The summed E-state index contributed by atoms with van der Waals surface area (Å²) in [7, 11) is 0. The SMILES string of the molecule is Cc1ccc(CCC(=O)NCCOC(=O)C2CCN(c3oc(-c4ccco4)nc3C#N)CC2)cc1. The number of hydrogen-bond acceptors (Lipinski definition) is 8. The minimum Gasteiger partial charge on any atom is -0.464 e. The molecule has 1 fully saturated rings. The van der Waals surface area contributed by atoms with Gasteiger partial charge in [0.1, 0.15) is 12.7 Å². The molecule has 1 amide bonds. The number of benzene rings is 1. The monoisotopic (exact) mass is 476 g/mol. The lowest BCUT2D eigenvalue weighted by molar-refractivity contribution is -0.149. The lowest BCUT2D eigenvalue weighted by Gasteiger charge is -2.30. The Labute approximate surface area is 203 Å². The largest absolute Gasteiger partial charge is 0.464 e. The topological polar surface area (TPSA) is 122 Å². The van der Waals surface area contributed by atoms with E-state index in [0.717, 1.165) is 5.56 Å². The molecule has 1 aromatic carbocycles. The second kappa shape index (κ2) is 11.4. The van der Waals surface area contributed by atoms with Crippen molar-refractivity contribution in [3.8, 4) is 17.7 Å². The van der Waals surface area contributed by atoms with Crippen LogP contribution >= 0.6 is 0 Å². The molecule has 0 aliphatic carbocycles. The highest BCUT2D eigenvalue weighted by atomic mass is 16.5. The molecular formula is C26H28N4O5. The van der Waals surface area contributed by atoms with Crippen LogP contribution in [0.25, 0.3) is 11.7 Å². The van der Waals surface area contributed by atoms with E-state index in [0.29, 0.717) is 50.4 Å². The zero-order valence-electron chi connectivity index (χ0n) is 19.7. The van der Waals surface area contributed by atoms with E-state index in [9.17, 15) is 14.9 Å². The van der Waals surface area contributed by atoms with Crippen LogP contribution in [0, 0.1) is 24.2 Å². The number of carbonyl (C=O) groups is 2. The number of nitriles is 1. The Hall–Kier alpha value is -4.06. The predicted octanol–water partition coefficient (Wildman–Crippen LogP) is 3.62. The number of nitrogens with zero attached hydrogens (tertiary/aromatic N) is 3. The number of esters is 1. The van der Waals surface area contributed by atoms with Gasteiger partial charge >= 0.3 is 5.97 Å². The summed E-state index contributed by atoms with van der Waals surface area (Å²) < 4.78 is 16.5. The molecule has 4 rings (SSSR count). The van der Waals surface area contributed by atoms with Crippen molar-refractivity contribution in [2.45, 2.75) is 32.6 Å². The van der Waals surface area contributed by atoms with Crippen LogP contribution in [0.5, 0.6) is 0 Å². The number of hydrogen-bond donors (Lipinski definition) is 1. The molecule has 0 unspecified atom stereocenters. The summed E-state index contributed by atoms with van der Waals surface area (Å²) in [5.41, 5.74) is 2.50. The van der Waals surface area contributed by atoms with Crippen LogP contribution in [0.4, 0.5) is 5.88 Å². The summed E-state index contributed by atoms with van der Waals surface area (Å²) in [6, 6.07) is 13.6. The quantitative estimate of drug-likeness (QED) is 0.367. The Kier molecular flexibility index (Phi) is 7.83. The summed E-state index contributed by atoms with van der Waals surface area (Å²) >= 11 is 0. The van der Waals surface area contributed by atoms with Crippen LogP contribution < -0.4 is 10.2 Å². The van der Waals surface area contributed by atoms with Gasteiger partial charge < -0.3 is 23.8 Å². The minimum atomic E-state index is -0.270. The van der Waals surface area contributed by atoms with E-state index >= 15 is 0 Å². The molecule has 9 nitrogen and oxygen atoms in total. The average Bonchev–Trinajstić information content (AvgIpc) is 3.56. The maximum Gasteiger partial charge on any atom is 0.309 e. The first-order valence-electron chi connectivity index (χ1n) is 11.7. The minimum absolute atomic E-state index is 0.0656. The van der Waals surface area contributed by atoms with Crippen LogP contribution in [-0.4, -0.2) is 43.1 Å². The van der Waals surface area contributed by atoms with Crippen molar-refractivity contribution < 1.29 is 23.2 Å². The van der Waals surface area contributed by atoms with Crippen LogP contribution in [0.15, 0.2) is 51.5 Å². The summed E-state index contributed by atoms with van der Waals surface area (Å²) in [4.78, 5) is 30.6. The molecule has 0 spiro atoms. The standard InChI is InChI=1S/C26H28N4O5/c1-18-4-6-19(7-5-18)8-9-23(31)28-12-16-34-26(32)20-10-13-30(14-11-20)25-21(17-27)29-24(35-25)22-3-2-15-33-22/h2-7,15,20H,8-14,16H2,1H3,(H,28,31). The molecule has 1 saturated heterocycles. The van der Waals surface area contributed by atoms with Crippen LogP contribution in [0.3, 0.4) is 0 Å². The van der Waals surface area contributed by atoms with Crippen LogP contribution in [-0.2, 0) is 20.7 Å². The number of aromatic nitrogens is 1. The number of ether oxygens (including phenoxy) is 1. The van der Waals surface area contributed by atoms with Crippen molar-refractivity contribution in [3.63, 3.8) is 0 Å². The zero-order chi connectivity index (χ0) is 24.6. The number of oxazole rings is 1. The summed E-state index contributed by atoms with van der Waals surface area (Å²) in [6.45, 7) is 3.54. The number of piperidine rings is 1. The Bertz CT molecular complexity index is 1170. The molecular weight excluding hydrogens is 448 g/mol. The predicted molar refractivity (Wildman–Crippen MR) is 127 cm³/mol. The van der Waals surface area contributed by atoms with Gasteiger partial charge in [0.05, 0.1) is 18.7 Å². The summed E-state index contributed by atoms with van der Waals surface area (Å²) in [6.07, 6.45) is 3.72. The lowest BCUT2D eigenvalue weighted by Crippen LogP contribution is -2.37. The Morgan fingerprint density at radius 1 is 1.23 bits per heavy atom. The molecule has 3 heterocycles. The molecule has 0 atom stereocenters. The first kappa shape index (κ1) is 24.1. The highest BCUT2D eigenvalue weighted by molar-refractivity contribution is 5.76. The molecule has 0 saturated carbocycles. The van der Waals surface area contributed by atoms with E-state index < -0.39 is 0 Å². The first-order chi connectivity index (χ1) is 17.0. The average molecular weight is 477 g/mol. The first-order valence-corrected chi connectivity index (χ1v) is 11.7. The molecule has 9 heteroatoms. The smallest absolute Gasteiger partial charge is 0.309 e. The number of aryl methyl sites for hydroxylation is 2. The third-order valence-corrected chi connectivity index (χ3v) is 5.99. The van der Waals surface area contributed by atoms with Gasteiger partial charge in [0.25, 0.3) is 5.89 Å². The maximum absolute atomic E-state index is 12.5. The maximum atomic E-state index is 12.5. The summed E-state index contributed by atoms with van der Waals surface area (Å²) in [5, 5.41) is 12.2. The van der Waals surface area contributed by atoms with E-state index in [1.165, 1.54) is 11.8 Å². The Balaban J connectivity index is 1.16. The molecule has 1 N–H and O–H groups in total. The van der Waals surface area contributed by atoms with Crippen molar-refractivity contribution in [1.29, 1.82) is 5.26 Å². The van der Waals surface area contributed by atoms with Crippen molar-refractivity contribution in [1.82, 2.24) is 10.3 Å². The third kappa shape index (κ3) is 6.29. The third-order valence-electron chi connectivity index (χ3n) is 5.99. The van der Waals surface area contributed by atoms with Gasteiger partial charge in [-0.15, -0.1) is 0 Å². The van der Waals surface area contributed by atoms with Crippen LogP contribution in [0.2, 0.25) is 0 Å². The highest BCUT2D eigenvalue weighted by Crippen LogP contribution is 2.31. The Morgan fingerprint density at radius 3 is 2.69 bits per heavy atom. The van der Waals surface area contributed by atoms with Gasteiger partial charge in [0, 0.05) is 19.5 Å². The van der Waals surface area contributed by atoms with Gasteiger partial charge in [-0.05, 0) is 43.9 Å². The van der Waals surface area contributed by atoms with Gasteiger partial charge in [0.2, 0.25) is 17.5 Å². The fourth-order valence-electron chi connectivity index (χ4n) is 3.98. The van der Waals surface area contributed by atoms with E-state index in [4.69, 9.17) is 13.6 Å². The van der Waals surface area contributed by atoms with Gasteiger partial charge in [0.15, 0.2) is 5.76 Å². The number of nitrogens with one attached hydrogen (secondary N) is 1. The normalized spacial score (nSPS) is 13.9. The molecule has 0 radical (unpaired) electrons. The van der Waals surface area contributed by atoms with E-state index in [-0.39, 0.29) is 42.5 Å². The van der Waals surface area contributed by atoms with E-state index in [1.54, 1.807) is 12.1 Å². The molecule has 35 heavy (non-hydrogen) atoms. The van der Waals surface area contributed by atoms with Gasteiger partial charge in [-0.1, -0.05) is 29.8 Å². The van der Waals surface area contributed by atoms with Crippen molar-refractivity contribution >= 4 is 17.8 Å². The van der Waals surface area contributed by atoms with E-state index in [2.05, 4.69) is 16.4 Å². The van der Waals surface area contributed by atoms with Crippen molar-refractivity contribution in [3.05, 3.63) is 59.5 Å². The van der Waals surface area contributed by atoms with E-state index in [1.807, 2.05) is 36.1 Å². The molecule has 182 valence electrons. The fourth-order valence-corrected chi connectivity index (χ4v) is 3.98. The molecule has 1 aliphatic heterocycles. The second-order valence-corrected chi connectivity index (χ2v) is 8.53.